The number of para-hydroxylation sites is 1. The van der Waals surface area contributed by atoms with E-state index in [1.54, 1.807) is 12.3 Å². The van der Waals surface area contributed by atoms with E-state index in [1.165, 1.54) is 4.90 Å². The second kappa shape index (κ2) is 7.32. The minimum Gasteiger partial charge on any atom is -0.341 e. The predicted octanol–water partition coefficient (Wildman–Crippen LogP) is 3.02. The van der Waals surface area contributed by atoms with E-state index >= 15 is 0 Å². The normalized spacial score (nSPS) is 18.2. The highest BCUT2D eigenvalue weighted by molar-refractivity contribution is 6.34. The van der Waals surface area contributed by atoms with E-state index in [4.69, 9.17) is 16.6 Å². The van der Waals surface area contributed by atoms with Crippen LogP contribution in [0.3, 0.4) is 0 Å². The van der Waals surface area contributed by atoms with Crippen molar-refractivity contribution in [2.45, 2.75) is 25.4 Å². The first-order chi connectivity index (χ1) is 13.0. The third-order valence-corrected chi connectivity index (χ3v) is 5.64. The molecule has 1 aromatic carbocycles. The lowest BCUT2D eigenvalue weighted by molar-refractivity contribution is 0.246. The number of hydrogen-bond donors (Lipinski definition) is 1. The largest absolute Gasteiger partial charge is 0.341 e. The molecule has 1 saturated heterocycles. The number of amides is 2. The van der Waals surface area contributed by atoms with E-state index in [0.29, 0.717) is 35.1 Å². The summed E-state index contributed by atoms with van der Waals surface area (Å²) in [6, 6.07) is 7.45. The third kappa shape index (κ3) is 3.44. The molecule has 4 rings (SSSR count). The number of halogens is 1. The summed E-state index contributed by atoms with van der Waals surface area (Å²) >= 11 is 6.35. The molecule has 7 nitrogen and oxygen atoms in total. The number of aromatic nitrogens is 2. The molecule has 2 aromatic rings. The lowest BCUT2D eigenvalue weighted by atomic mass is 10.0. The molecule has 2 aliphatic heterocycles. The van der Waals surface area contributed by atoms with Gasteiger partial charge in [-0.25, -0.2) is 14.7 Å². The molecule has 0 atom stereocenters. The van der Waals surface area contributed by atoms with Gasteiger partial charge in [0.05, 0.1) is 10.7 Å². The van der Waals surface area contributed by atoms with Gasteiger partial charge in [-0.3, -0.25) is 0 Å². The molecule has 142 valence electrons. The summed E-state index contributed by atoms with van der Waals surface area (Å²) in [5.74, 6) is 1.23. The molecule has 2 amide bonds. The average Bonchev–Trinajstić information content (AvgIpc) is 2.68. The molecule has 8 heteroatoms. The van der Waals surface area contributed by atoms with Crippen molar-refractivity contribution < 1.29 is 4.79 Å². The van der Waals surface area contributed by atoms with Crippen LogP contribution in [0.4, 0.5) is 22.2 Å². The zero-order valence-corrected chi connectivity index (χ0v) is 16.3. The molecule has 0 saturated carbocycles. The fourth-order valence-corrected chi connectivity index (χ4v) is 3.85. The Morgan fingerprint density at radius 3 is 2.74 bits per heavy atom. The molecule has 0 spiro atoms. The molecule has 3 heterocycles. The van der Waals surface area contributed by atoms with Crippen molar-refractivity contribution in [3.8, 4) is 0 Å². The van der Waals surface area contributed by atoms with Gasteiger partial charge < -0.3 is 15.1 Å². The van der Waals surface area contributed by atoms with Gasteiger partial charge in [0.15, 0.2) is 5.82 Å². The number of nitrogens with zero attached hydrogens (tertiary/aromatic N) is 5. The standard InChI is InChI=1S/C19H23ClN6O/c1-24-9-7-14(8-10-24)25(2)18-21-11-13-12-22-19(27)26(17(13)23-18)16-6-4-3-5-15(16)20/h3-6,11,14H,7-10,12H2,1-2H3,(H,22,27). The SMILES string of the molecule is CN1CCC(N(C)c2ncc3c(n2)N(c2ccccc2Cl)C(=O)NC3)CC1. The first-order valence-electron chi connectivity index (χ1n) is 9.14. The van der Waals surface area contributed by atoms with Crippen molar-refractivity contribution >= 4 is 35.1 Å². The maximum absolute atomic E-state index is 12.6. The molecule has 0 radical (unpaired) electrons. The summed E-state index contributed by atoms with van der Waals surface area (Å²) in [6.07, 6.45) is 3.94. The number of carbonyl (C=O) groups is 1. The first-order valence-corrected chi connectivity index (χ1v) is 9.52. The van der Waals surface area contributed by atoms with Crippen LogP contribution in [0.25, 0.3) is 0 Å². The second-order valence-electron chi connectivity index (χ2n) is 7.11. The molecule has 2 aliphatic rings. The Balaban J connectivity index is 1.69. The number of fused-ring (bicyclic) bond motifs is 1. The van der Waals surface area contributed by atoms with Gasteiger partial charge in [-0.2, -0.15) is 4.98 Å². The van der Waals surface area contributed by atoms with Crippen LogP contribution >= 0.6 is 11.6 Å². The van der Waals surface area contributed by atoms with Crippen LogP contribution in [0.1, 0.15) is 18.4 Å². The average molecular weight is 387 g/mol. The number of benzene rings is 1. The van der Waals surface area contributed by atoms with Crippen LogP contribution in [0.15, 0.2) is 30.5 Å². The summed E-state index contributed by atoms with van der Waals surface area (Å²) in [5.41, 5.74) is 1.49. The Kier molecular flexibility index (Phi) is 4.88. The highest BCUT2D eigenvalue weighted by atomic mass is 35.5. The predicted molar refractivity (Wildman–Crippen MR) is 107 cm³/mol. The number of urea groups is 1. The number of anilines is 3. The van der Waals surface area contributed by atoms with Gasteiger partial charge in [0, 0.05) is 31.4 Å². The van der Waals surface area contributed by atoms with E-state index in [-0.39, 0.29) is 6.03 Å². The fourth-order valence-electron chi connectivity index (χ4n) is 3.63. The summed E-state index contributed by atoms with van der Waals surface area (Å²) in [4.78, 5) is 27.9. The van der Waals surface area contributed by atoms with Crippen LogP contribution in [0.5, 0.6) is 0 Å². The van der Waals surface area contributed by atoms with Crippen molar-refractivity contribution in [3.05, 3.63) is 41.0 Å². The van der Waals surface area contributed by atoms with Crippen LogP contribution in [-0.2, 0) is 6.54 Å². The number of hydrogen-bond acceptors (Lipinski definition) is 5. The van der Waals surface area contributed by atoms with Crippen LogP contribution in [-0.4, -0.2) is 54.1 Å². The van der Waals surface area contributed by atoms with E-state index in [1.807, 2.05) is 25.2 Å². The van der Waals surface area contributed by atoms with Crippen molar-refractivity contribution in [2.24, 2.45) is 0 Å². The quantitative estimate of drug-likeness (QED) is 0.878. The Bertz CT molecular complexity index is 852. The number of likely N-dealkylation sites (tertiary alicyclic amines) is 1. The fraction of sp³-hybridized carbons (Fsp3) is 0.421. The maximum Gasteiger partial charge on any atom is 0.328 e. The van der Waals surface area contributed by atoms with Gasteiger partial charge in [0.1, 0.15) is 0 Å². The number of rotatable bonds is 3. The summed E-state index contributed by atoms with van der Waals surface area (Å²) < 4.78 is 0. The van der Waals surface area contributed by atoms with Crippen molar-refractivity contribution in [1.29, 1.82) is 0 Å². The smallest absolute Gasteiger partial charge is 0.328 e. The molecule has 0 aliphatic carbocycles. The van der Waals surface area contributed by atoms with E-state index < -0.39 is 0 Å². The molecule has 0 bridgehead atoms. The lowest BCUT2D eigenvalue weighted by Crippen LogP contribution is -2.44. The summed E-state index contributed by atoms with van der Waals surface area (Å²) in [6.45, 7) is 2.54. The van der Waals surface area contributed by atoms with E-state index in [2.05, 4.69) is 27.1 Å². The highest BCUT2D eigenvalue weighted by Crippen LogP contribution is 2.35. The zero-order chi connectivity index (χ0) is 19.0. The van der Waals surface area contributed by atoms with Gasteiger partial charge in [0.25, 0.3) is 0 Å². The van der Waals surface area contributed by atoms with Crippen molar-refractivity contribution in [1.82, 2.24) is 20.2 Å². The first kappa shape index (κ1) is 18.0. The lowest BCUT2D eigenvalue weighted by Gasteiger charge is -2.36. The van der Waals surface area contributed by atoms with Crippen LogP contribution < -0.4 is 15.1 Å². The Morgan fingerprint density at radius 1 is 1.26 bits per heavy atom. The number of carbonyl (C=O) groups excluding carboxylic acids is 1. The van der Waals surface area contributed by atoms with Gasteiger partial charge >= 0.3 is 6.03 Å². The monoisotopic (exact) mass is 386 g/mol. The van der Waals surface area contributed by atoms with E-state index in [0.717, 1.165) is 31.5 Å². The Hall–Kier alpha value is -2.38. The second-order valence-corrected chi connectivity index (χ2v) is 7.52. The summed E-state index contributed by atoms with van der Waals surface area (Å²) in [5, 5.41) is 3.36. The summed E-state index contributed by atoms with van der Waals surface area (Å²) in [7, 11) is 4.17. The minimum atomic E-state index is -0.234. The Labute approximate surface area is 163 Å². The molecular weight excluding hydrogens is 364 g/mol. The number of nitrogens with one attached hydrogen (secondary N) is 1. The van der Waals surface area contributed by atoms with Gasteiger partial charge in [-0.1, -0.05) is 23.7 Å². The molecule has 1 N–H and O–H groups in total. The highest BCUT2D eigenvalue weighted by Gasteiger charge is 2.30. The Morgan fingerprint density at radius 2 is 2.00 bits per heavy atom. The molecule has 27 heavy (non-hydrogen) atoms. The van der Waals surface area contributed by atoms with Gasteiger partial charge in [-0.15, -0.1) is 0 Å². The van der Waals surface area contributed by atoms with Gasteiger partial charge in [0.2, 0.25) is 5.95 Å². The minimum absolute atomic E-state index is 0.234. The molecule has 1 aromatic heterocycles. The third-order valence-electron chi connectivity index (χ3n) is 5.32. The van der Waals surface area contributed by atoms with Crippen molar-refractivity contribution in [2.75, 3.05) is 37.0 Å². The van der Waals surface area contributed by atoms with Crippen LogP contribution in [0, 0.1) is 0 Å². The van der Waals surface area contributed by atoms with E-state index in [9.17, 15) is 4.79 Å². The molecular formula is C19H23ClN6O. The van der Waals surface area contributed by atoms with Crippen LogP contribution in [0.2, 0.25) is 5.02 Å². The number of piperidine rings is 1. The topological polar surface area (TPSA) is 64.6 Å². The molecule has 0 unspecified atom stereocenters. The maximum atomic E-state index is 12.6. The zero-order valence-electron chi connectivity index (χ0n) is 15.5. The van der Waals surface area contributed by atoms with Crippen molar-refractivity contribution in [3.63, 3.8) is 0 Å². The van der Waals surface area contributed by atoms with Gasteiger partial charge in [-0.05, 0) is 45.1 Å². The molecule has 1 fully saturated rings.